The van der Waals surface area contributed by atoms with E-state index < -0.39 is 0 Å². The van der Waals surface area contributed by atoms with Crippen LogP contribution in [0.4, 0.5) is 5.69 Å². The van der Waals surface area contributed by atoms with Crippen molar-refractivity contribution in [2.75, 3.05) is 0 Å². The fraction of sp³-hybridized carbons (Fsp3) is 0. The van der Waals surface area contributed by atoms with Gasteiger partial charge in [0, 0.05) is 54.3 Å². The summed E-state index contributed by atoms with van der Waals surface area (Å²) < 4.78 is 17.7. The highest BCUT2D eigenvalue weighted by Gasteiger charge is 2.24. The normalized spacial score (nSPS) is 11.9. The molecule has 12 rings (SSSR count). The van der Waals surface area contributed by atoms with Crippen LogP contribution < -0.4 is 0 Å². The quantitative estimate of drug-likeness (QED) is 0.171. The van der Waals surface area contributed by atoms with E-state index >= 15 is 0 Å². The molecule has 4 heterocycles. The number of fused-ring (bicyclic) bond motifs is 14. The summed E-state index contributed by atoms with van der Waals surface area (Å²) in [7, 11) is 0. The van der Waals surface area contributed by atoms with Gasteiger partial charge >= 0.3 is 0 Å². The first-order chi connectivity index (χ1) is 27.7. The predicted molar refractivity (Wildman–Crippen MR) is 226 cm³/mol. The third kappa shape index (κ3) is 4.02. The molecular formula is C50H26N4O2. The zero-order chi connectivity index (χ0) is 37.1. The molecule has 0 saturated carbocycles. The molecule has 6 heteroatoms. The van der Waals surface area contributed by atoms with Crippen LogP contribution in [0.3, 0.4) is 0 Å². The Bertz CT molecular complexity index is 3750. The lowest BCUT2D eigenvalue weighted by Gasteiger charge is -2.17. The van der Waals surface area contributed by atoms with Gasteiger partial charge in [-0.2, -0.15) is 5.26 Å². The second-order valence-electron chi connectivity index (χ2n) is 14.2. The minimum absolute atomic E-state index is 0.482. The maximum absolute atomic E-state index is 10.8. The molecule has 0 amide bonds. The molecule has 258 valence electrons. The zero-order valence-electron chi connectivity index (χ0n) is 29.6. The van der Waals surface area contributed by atoms with E-state index in [0.717, 1.165) is 110 Å². The number of nitrogens with zero attached hydrogens (tertiary/aromatic N) is 4. The van der Waals surface area contributed by atoms with E-state index in [9.17, 15) is 5.26 Å². The number of furan rings is 2. The molecule has 0 saturated heterocycles. The maximum atomic E-state index is 10.8. The van der Waals surface area contributed by atoms with Crippen LogP contribution >= 0.6 is 0 Å². The first kappa shape index (κ1) is 30.4. The lowest BCUT2D eigenvalue weighted by molar-refractivity contribution is 0.670. The summed E-state index contributed by atoms with van der Waals surface area (Å²) in [6.45, 7) is 8.31. The van der Waals surface area contributed by atoms with Gasteiger partial charge in [-0.1, -0.05) is 97.1 Å². The topological polar surface area (TPSA) is 64.3 Å². The van der Waals surface area contributed by atoms with E-state index in [1.165, 1.54) is 0 Å². The third-order valence-corrected chi connectivity index (χ3v) is 11.3. The zero-order valence-corrected chi connectivity index (χ0v) is 29.6. The molecule has 0 spiro atoms. The summed E-state index contributed by atoms with van der Waals surface area (Å²) in [5.74, 6) is 0. The molecule has 0 radical (unpaired) electrons. The largest absolute Gasteiger partial charge is 0.454 e. The smallest absolute Gasteiger partial charge is 0.189 e. The fourth-order valence-corrected chi connectivity index (χ4v) is 9.01. The molecule has 8 aromatic carbocycles. The third-order valence-electron chi connectivity index (χ3n) is 11.3. The van der Waals surface area contributed by atoms with Gasteiger partial charge in [-0.25, -0.2) is 4.85 Å². The molecule has 0 aliphatic rings. The molecule has 0 aliphatic heterocycles. The minimum Gasteiger partial charge on any atom is -0.454 e. The van der Waals surface area contributed by atoms with Crippen molar-refractivity contribution in [2.24, 2.45) is 0 Å². The number of nitriles is 1. The van der Waals surface area contributed by atoms with E-state index in [-0.39, 0.29) is 0 Å². The van der Waals surface area contributed by atoms with Gasteiger partial charge in [0.1, 0.15) is 17.2 Å². The van der Waals surface area contributed by atoms with Crippen LogP contribution in [-0.4, -0.2) is 9.13 Å². The first-order valence-corrected chi connectivity index (χ1v) is 18.4. The van der Waals surface area contributed by atoms with Crippen LogP contribution in [0, 0.1) is 17.9 Å². The molecule has 0 aliphatic carbocycles. The van der Waals surface area contributed by atoms with E-state index in [0.29, 0.717) is 11.3 Å². The van der Waals surface area contributed by atoms with Crippen LogP contribution in [-0.2, 0) is 0 Å². The number of para-hydroxylation sites is 5. The molecule has 0 bridgehead atoms. The van der Waals surface area contributed by atoms with Crippen LogP contribution in [0.15, 0.2) is 167 Å². The summed E-state index contributed by atoms with van der Waals surface area (Å²) in [5.41, 5.74) is 11.1. The average Bonchev–Trinajstić information content (AvgIpc) is 4.01. The van der Waals surface area contributed by atoms with Crippen molar-refractivity contribution in [3.05, 3.63) is 175 Å². The molecular weight excluding hydrogens is 689 g/mol. The van der Waals surface area contributed by atoms with Gasteiger partial charge in [-0.15, -0.1) is 0 Å². The van der Waals surface area contributed by atoms with E-state index in [1.807, 2.05) is 84.9 Å². The number of hydrogen-bond acceptors (Lipinski definition) is 3. The van der Waals surface area contributed by atoms with E-state index in [4.69, 9.17) is 15.4 Å². The summed E-state index contributed by atoms with van der Waals surface area (Å²) >= 11 is 0. The number of aromatic nitrogens is 2. The van der Waals surface area contributed by atoms with Gasteiger partial charge in [-0.3, -0.25) is 0 Å². The Hall–Kier alpha value is -8.06. The number of rotatable bonds is 3. The molecule has 0 N–H and O–H groups in total. The Balaban J connectivity index is 1.20. The summed E-state index contributed by atoms with van der Waals surface area (Å²) in [4.78, 5) is 4.01. The van der Waals surface area contributed by atoms with Crippen LogP contribution in [0.25, 0.3) is 115 Å². The van der Waals surface area contributed by atoms with Crippen molar-refractivity contribution < 1.29 is 8.83 Å². The van der Waals surface area contributed by atoms with Crippen LogP contribution in [0.2, 0.25) is 0 Å². The standard InChI is InChI=1S/C50H26N4O2/c1-52-31-25-30(26-32(27-31)53-42-17-6-2-12-34(42)38-21-23-40-36-14-4-8-19-44(36)55-49(40)47(38)53)33-16-10-11-29(28-51)46(33)54-43-18-7-3-13-35(43)39-22-24-41-37-15-5-9-20-45(37)56-50(41)48(39)54/h2-27H. The lowest BCUT2D eigenvalue weighted by Crippen LogP contribution is -2.02. The Kier molecular flexibility index (Phi) is 6.10. The Labute approximate surface area is 318 Å². The predicted octanol–water partition coefficient (Wildman–Crippen LogP) is 13.8. The van der Waals surface area contributed by atoms with Gasteiger partial charge in [0.2, 0.25) is 0 Å². The Morgan fingerprint density at radius 2 is 1.04 bits per heavy atom. The van der Waals surface area contributed by atoms with Crippen molar-refractivity contribution in [2.45, 2.75) is 0 Å². The Morgan fingerprint density at radius 3 is 1.64 bits per heavy atom. The first-order valence-electron chi connectivity index (χ1n) is 18.4. The number of hydrogen-bond donors (Lipinski definition) is 0. The second-order valence-corrected chi connectivity index (χ2v) is 14.2. The molecule has 0 fully saturated rings. The lowest BCUT2D eigenvalue weighted by atomic mass is 9.98. The van der Waals surface area contributed by atoms with Crippen molar-refractivity contribution in [1.29, 1.82) is 5.26 Å². The van der Waals surface area contributed by atoms with Crippen molar-refractivity contribution in [3.8, 4) is 28.6 Å². The summed E-state index contributed by atoms with van der Waals surface area (Å²) in [6, 6.07) is 55.8. The van der Waals surface area contributed by atoms with Gasteiger partial charge in [-0.05, 0) is 66.2 Å². The van der Waals surface area contributed by atoms with E-state index in [2.05, 4.69) is 92.8 Å². The number of benzene rings is 8. The molecule has 4 aromatic heterocycles. The van der Waals surface area contributed by atoms with E-state index in [1.54, 1.807) is 0 Å². The average molecular weight is 715 g/mol. The van der Waals surface area contributed by atoms with Crippen molar-refractivity contribution >= 4 is 93.2 Å². The molecule has 56 heavy (non-hydrogen) atoms. The molecule has 6 nitrogen and oxygen atoms in total. The summed E-state index contributed by atoms with van der Waals surface area (Å²) in [6.07, 6.45) is 0. The maximum Gasteiger partial charge on any atom is 0.189 e. The van der Waals surface area contributed by atoms with Crippen molar-refractivity contribution in [3.63, 3.8) is 0 Å². The van der Waals surface area contributed by atoms with Gasteiger partial charge < -0.3 is 18.0 Å². The van der Waals surface area contributed by atoms with Gasteiger partial charge in [0.25, 0.3) is 0 Å². The van der Waals surface area contributed by atoms with Crippen molar-refractivity contribution in [1.82, 2.24) is 9.13 Å². The highest BCUT2D eigenvalue weighted by molar-refractivity contribution is 6.23. The highest BCUT2D eigenvalue weighted by Crippen LogP contribution is 2.45. The van der Waals surface area contributed by atoms with Gasteiger partial charge in [0.15, 0.2) is 16.9 Å². The highest BCUT2D eigenvalue weighted by atomic mass is 16.3. The fourth-order valence-electron chi connectivity index (χ4n) is 9.01. The summed E-state index contributed by atoms with van der Waals surface area (Å²) in [5, 5.41) is 19.2. The SMILES string of the molecule is [C-]#[N+]c1cc(-c2cccc(C#N)c2-n2c3ccccc3c3ccc4c5ccccc5oc4c32)cc(-n2c3ccccc3c3ccc4c5ccccc5oc4c32)c1. The minimum atomic E-state index is 0.482. The molecule has 0 unspecified atom stereocenters. The van der Waals surface area contributed by atoms with Crippen LogP contribution in [0.1, 0.15) is 5.56 Å². The molecule has 12 aromatic rings. The van der Waals surface area contributed by atoms with Gasteiger partial charge in [0.05, 0.1) is 39.9 Å². The molecule has 0 atom stereocenters. The Morgan fingerprint density at radius 1 is 0.500 bits per heavy atom. The second kappa shape index (κ2) is 11.2. The van der Waals surface area contributed by atoms with Crippen LogP contribution in [0.5, 0.6) is 0 Å². The monoisotopic (exact) mass is 714 g/mol.